The van der Waals surface area contributed by atoms with Gasteiger partial charge < -0.3 is 14.8 Å². The van der Waals surface area contributed by atoms with E-state index in [1.54, 1.807) is 40.7 Å². The second kappa shape index (κ2) is 11.6. The first-order valence-corrected chi connectivity index (χ1v) is 17.5. The van der Waals surface area contributed by atoms with Crippen molar-refractivity contribution in [3.63, 3.8) is 0 Å². The number of likely N-dealkylation sites (tertiary alicyclic amines) is 1. The van der Waals surface area contributed by atoms with Crippen LogP contribution in [0.1, 0.15) is 70.0 Å². The normalized spacial score (nSPS) is 20.0. The molecule has 8 nitrogen and oxygen atoms in total. The molecule has 2 fully saturated rings. The third kappa shape index (κ3) is 5.55. The Morgan fingerprint density at radius 3 is 2.40 bits per heavy atom. The Balaban J connectivity index is 0.972. The first kappa shape index (κ1) is 30.0. The minimum atomic E-state index is -3.57. The number of amides is 2. The van der Waals surface area contributed by atoms with Crippen molar-refractivity contribution in [3.8, 4) is 0 Å². The van der Waals surface area contributed by atoms with Gasteiger partial charge in [-0.25, -0.2) is 8.42 Å². The number of hydrogen-bond donors (Lipinski definition) is 1. The summed E-state index contributed by atoms with van der Waals surface area (Å²) >= 11 is 6.24. The second-order valence-electron chi connectivity index (χ2n) is 12.8. The number of hydrogen-bond acceptors (Lipinski definition) is 4. The molecule has 0 radical (unpaired) electrons. The van der Waals surface area contributed by atoms with E-state index < -0.39 is 10.0 Å². The molecule has 0 saturated carbocycles. The van der Waals surface area contributed by atoms with Gasteiger partial charge in [0.25, 0.3) is 11.8 Å². The van der Waals surface area contributed by atoms with Gasteiger partial charge in [-0.2, -0.15) is 4.31 Å². The van der Waals surface area contributed by atoms with E-state index in [-0.39, 0.29) is 23.3 Å². The average Bonchev–Trinajstić information content (AvgIpc) is 3.63. The van der Waals surface area contributed by atoms with Crippen LogP contribution in [0.25, 0.3) is 10.9 Å². The van der Waals surface area contributed by atoms with Crippen LogP contribution in [0.3, 0.4) is 0 Å². The van der Waals surface area contributed by atoms with Gasteiger partial charge in [0.2, 0.25) is 10.0 Å². The number of nitrogens with zero attached hydrogens (tertiary/aromatic N) is 3. The van der Waals surface area contributed by atoms with Crippen LogP contribution in [0.15, 0.2) is 77.8 Å². The summed E-state index contributed by atoms with van der Waals surface area (Å²) in [4.78, 5) is 28.8. The average molecular weight is 645 g/mol. The topological polar surface area (TPSA) is 91.7 Å². The molecule has 2 saturated heterocycles. The summed E-state index contributed by atoms with van der Waals surface area (Å²) < 4.78 is 30.6. The molecule has 0 bridgehead atoms. The van der Waals surface area contributed by atoms with E-state index in [4.69, 9.17) is 11.6 Å². The van der Waals surface area contributed by atoms with Crippen LogP contribution in [-0.2, 0) is 23.5 Å². The van der Waals surface area contributed by atoms with E-state index in [0.29, 0.717) is 47.2 Å². The van der Waals surface area contributed by atoms with Gasteiger partial charge in [-0.3, -0.25) is 9.59 Å². The Morgan fingerprint density at radius 2 is 1.64 bits per heavy atom. The highest BCUT2D eigenvalue weighted by Gasteiger charge is 2.41. The van der Waals surface area contributed by atoms with Crippen molar-refractivity contribution in [2.45, 2.75) is 49.5 Å². The van der Waals surface area contributed by atoms with Gasteiger partial charge >= 0.3 is 0 Å². The predicted molar refractivity (Wildman–Crippen MR) is 175 cm³/mol. The van der Waals surface area contributed by atoms with Crippen LogP contribution in [-0.4, -0.2) is 60.2 Å². The van der Waals surface area contributed by atoms with E-state index in [1.165, 1.54) is 0 Å². The summed E-state index contributed by atoms with van der Waals surface area (Å²) in [5.41, 5.74) is 4.29. The predicted octanol–water partition coefficient (Wildman–Crippen LogP) is 5.96. The van der Waals surface area contributed by atoms with E-state index in [0.717, 1.165) is 60.6 Å². The Kier molecular flexibility index (Phi) is 7.74. The summed E-state index contributed by atoms with van der Waals surface area (Å²) in [6, 6.07) is 20.0. The minimum absolute atomic E-state index is 0.00653. The number of halogens is 1. The van der Waals surface area contributed by atoms with Crippen molar-refractivity contribution in [2.75, 3.05) is 26.2 Å². The Bertz CT molecular complexity index is 1900. The summed E-state index contributed by atoms with van der Waals surface area (Å²) in [6.45, 7) is 2.30. The summed E-state index contributed by atoms with van der Waals surface area (Å²) in [5, 5.41) is 4.45. The smallest absolute Gasteiger partial charge is 0.253 e. The number of nitrogens with one attached hydrogen (secondary N) is 1. The molecule has 7 rings (SSSR count). The first-order chi connectivity index (χ1) is 21.6. The number of sulfonamides is 1. The molecule has 45 heavy (non-hydrogen) atoms. The second-order valence-corrected chi connectivity index (χ2v) is 15.1. The molecular formula is C35H37ClN4O4S. The zero-order valence-corrected chi connectivity index (χ0v) is 26.9. The van der Waals surface area contributed by atoms with Gasteiger partial charge in [0, 0.05) is 55.9 Å². The third-order valence-electron chi connectivity index (χ3n) is 10.3. The van der Waals surface area contributed by atoms with Crippen LogP contribution >= 0.6 is 11.6 Å². The molecule has 3 aliphatic rings. The molecule has 4 aromatic rings. The van der Waals surface area contributed by atoms with Gasteiger partial charge in [0.1, 0.15) is 0 Å². The number of benzene rings is 3. The Labute approximate surface area is 269 Å². The molecule has 1 spiro atoms. The maximum Gasteiger partial charge on any atom is 0.253 e. The van der Waals surface area contributed by atoms with Crippen molar-refractivity contribution >= 4 is 44.3 Å². The lowest BCUT2D eigenvalue weighted by atomic mass is 9.71. The fourth-order valence-electron chi connectivity index (χ4n) is 7.40. The molecule has 3 heterocycles. The zero-order valence-electron chi connectivity index (χ0n) is 25.3. The van der Waals surface area contributed by atoms with Gasteiger partial charge in [-0.05, 0) is 104 Å². The van der Waals surface area contributed by atoms with Crippen molar-refractivity contribution in [1.82, 2.24) is 19.1 Å². The number of piperidine rings is 2. The molecule has 1 N–H and O–H groups in total. The molecule has 1 aliphatic carbocycles. The highest BCUT2D eigenvalue weighted by atomic mass is 35.5. The molecular weight excluding hydrogens is 608 g/mol. The molecule has 2 amide bonds. The van der Waals surface area contributed by atoms with Crippen molar-refractivity contribution < 1.29 is 18.0 Å². The molecule has 1 unspecified atom stereocenters. The lowest BCUT2D eigenvalue weighted by Gasteiger charge is -2.46. The fraction of sp³-hybridized carbons (Fsp3) is 0.371. The largest absolute Gasteiger partial charge is 0.351 e. The van der Waals surface area contributed by atoms with Gasteiger partial charge in [0.15, 0.2) is 0 Å². The summed E-state index contributed by atoms with van der Waals surface area (Å²) in [6.07, 6.45) is 6.89. The monoisotopic (exact) mass is 644 g/mol. The number of carbonyl (C=O) groups is 2. The quantitative estimate of drug-likeness (QED) is 0.290. The number of aryl methyl sites for hydroxylation is 2. The summed E-state index contributed by atoms with van der Waals surface area (Å²) in [7, 11) is -1.62. The highest BCUT2D eigenvalue weighted by molar-refractivity contribution is 7.89. The van der Waals surface area contributed by atoms with Crippen LogP contribution in [0.4, 0.5) is 0 Å². The van der Waals surface area contributed by atoms with Crippen molar-refractivity contribution in [1.29, 1.82) is 0 Å². The maximum absolute atomic E-state index is 13.6. The van der Waals surface area contributed by atoms with Gasteiger partial charge in [-0.15, -0.1) is 0 Å². The fourth-order valence-corrected chi connectivity index (χ4v) is 9.10. The Morgan fingerprint density at radius 1 is 0.911 bits per heavy atom. The molecule has 3 aromatic carbocycles. The molecule has 1 aromatic heterocycles. The molecule has 2 aliphatic heterocycles. The minimum Gasteiger partial charge on any atom is -0.351 e. The molecule has 1 atom stereocenters. The standard InChI is InChI=1S/C35H37ClN4O4S/c1-38-17-12-25-22-27(9-11-32(25)38)45(43,44)40-20-15-35(16-21-40)13-18-39(19-14-35)34(42)26-7-6-24-8-10-31(29(24)23-26)37-33(41)28-4-2-3-5-30(28)36/h2-7,9,11-12,17,22-23,31H,8,10,13-16,18-21H2,1H3,(H,37,41). The van der Waals surface area contributed by atoms with Crippen molar-refractivity contribution in [2.24, 2.45) is 12.5 Å². The lowest BCUT2D eigenvalue weighted by Crippen LogP contribution is -2.49. The first-order valence-electron chi connectivity index (χ1n) is 15.7. The number of carbonyl (C=O) groups excluding carboxylic acids is 2. The molecule has 10 heteroatoms. The number of aromatic nitrogens is 1. The maximum atomic E-state index is 13.6. The SMILES string of the molecule is Cn1ccc2cc(S(=O)(=O)N3CCC4(CCN(C(=O)c5ccc6c(c5)C(NC(=O)c5ccccc5Cl)CC6)CC4)CC3)ccc21. The van der Waals surface area contributed by atoms with E-state index in [9.17, 15) is 18.0 Å². The van der Waals surface area contributed by atoms with Crippen LogP contribution in [0, 0.1) is 5.41 Å². The van der Waals surface area contributed by atoms with E-state index in [2.05, 4.69) is 5.32 Å². The summed E-state index contributed by atoms with van der Waals surface area (Å²) in [5.74, 6) is -0.209. The Hall–Kier alpha value is -3.66. The van der Waals surface area contributed by atoms with E-state index in [1.807, 2.05) is 53.0 Å². The van der Waals surface area contributed by atoms with Crippen LogP contribution in [0.2, 0.25) is 5.02 Å². The number of fused-ring (bicyclic) bond motifs is 2. The van der Waals surface area contributed by atoms with Gasteiger partial charge in [0.05, 0.1) is 21.5 Å². The van der Waals surface area contributed by atoms with Crippen molar-refractivity contribution in [3.05, 3.63) is 100 Å². The third-order valence-corrected chi connectivity index (χ3v) is 12.5. The highest BCUT2D eigenvalue weighted by Crippen LogP contribution is 2.43. The van der Waals surface area contributed by atoms with E-state index >= 15 is 0 Å². The zero-order chi connectivity index (χ0) is 31.3. The van der Waals surface area contributed by atoms with Crippen LogP contribution < -0.4 is 5.32 Å². The lowest BCUT2D eigenvalue weighted by molar-refractivity contribution is 0.0424. The van der Waals surface area contributed by atoms with Gasteiger partial charge in [-0.1, -0.05) is 29.8 Å². The molecule has 234 valence electrons. The van der Waals surface area contributed by atoms with Crippen LogP contribution in [0.5, 0.6) is 0 Å². The number of rotatable bonds is 5.